The maximum Gasteiger partial charge on any atom is 0.303 e. The Hall–Kier alpha value is -3.17. The number of rotatable bonds is 6. The molecule has 3 aromatic heterocycles. The number of fused-ring (bicyclic) bond motifs is 1. The fourth-order valence-corrected chi connectivity index (χ4v) is 2.66. The number of carbonyl (C=O) groups is 1. The van der Waals surface area contributed by atoms with Crippen LogP contribution < -0.4 is 11.1 Å². The Balaban J connectivity index is 2.23. The molecule has 0 saturated heterocycles. The molecule has 0 unspecified atom stereocenters. The highest BCUT2D eigenvalue weighted by Gasteiger charge is 2.29. The minimum absolute atomic E-state index is 0.0429. The number of anilines is 1. The summed E-state index contributed by atoms with van der Waals surface area (Å²) in [4.78, 5) is 23.2. The summed E-state index contributed by atoms with van der Waals surface area (Å²) in [7, 11) is 0. The van der Waals surface area contributed by atoms with E-state index in [-0.39, 0.29) is 12.2 Å². The Bertz CT molecular complexity index is 1010. The van der Waals surface area contributed by atoms with E-state index in [1.54, 1.807) is 25.3 Å². The summed E-state index contributed by atoms with van der Waals surface area (Å²) in [6, 6.07) is 3.21. The highest BCUT2D eigenvalue weighted by molar-refractivity contribution is 5.91. The number of hydrogen-bond donors (Lipinski definition) is 2. The molecule has 0 fully saturated rings. The third kappa shape index (κ3) is 3.83. The number of aryl methyl sites for hydroxylation is 1. The van der Waals surface area contributed by atoms with Gasteiger partial charge in [0.2, 0.25) is 11.7 Å². The fourth-order valence-electron chi connectivity index (χ4n) is 2.66. The number of primary amides is 1. The zero-order valence-corrected chi connectivity index (χ0v) is 15.1. The van der Waals surface area contributed by atoms with Gasteiger partial charge in [-0.2, -0.15) is 8.78 Å². The van der Waals surface area contributed by atoms with Gasteiger partial charge in [-0.3, -0.25) is 9.78 Å². The molecule has 0 bridgehead atoms. The summed E-state index contributed by atoms with van der Waals surface area (Å²) in [6.45, 7) is 4.86. The van der Waals surface area contributed by atoms with Gasteiger partial charge in [0.05, 0.1) is 23.0 Å². The Morgan fingerprint density at radius 2 is 2.07 bits per heavy atom. The highest BCUT2D eigenvalue weighted by Crippen LogP contribution is 2.28. The molecule has 3 N–H and O–H groups in total. The average Bonchev–Trinajstić information content (AvgIpc) is 2.91. The molecule has 142 valence electrons. The van der Waals surface area contributed by atoms with Crippen molar-refractivity contribution in [2.75, 3.05) is 11.9 Å². The first-order valence-electron chi connectivity index (χ1n) is 8.33. The van der Waals surface area contributed by atoms with Crippen LogP contribution in [-0.4, -0.2) is 37.2 Å². The first-order valence-corrected chi connectivity index (χ1v) is 8.33. The summed E-state index contributed by atoms with van der Waals surface area (Å²) in [5.41, 5.74) is 6.65. The van der Waals surface area contributed by atoms with Crippen molar-refractivity contribution in [3.05, 3.63) is 35.5 Å². The molecule has 3 heterocycles. The van der Waals surface area contributed by atoms with Gasteiger partial charge in [0.15, 0.2) is 11.6 Å². The second kappa shape index (κ2) is 6.86. The van der Waals surface area contributed by atoms with Gasteiger partial charge in [0.25, 0.3) is 0 Å². The standard InChI is InChI=1S/C17H19F2N7O/c1-4-21-15-11-8-22-10(7-13(20)27)6-12(11)26(25-15)14-5-9(2)23-16(24-14)17(3,18)19/h5-6,8H,4,7H2,1-3H3,(H2,20,27)(H,21,25). The molecule has 0 radical (unpaired) electrons. The summed E-state index contributed by atoms with van der Waals surface area (Å²) in [6.07, 6.45) is 1.53. The van der Waals surface area contributed by atoms with Gasteiger partial charge in [-0.05, 0) is 19.9 Å². The zero-order valence-electron chi connectivity index (χ0n) is 15.1. The van der Waals surface area contributed by atoms with Crippen LogP contribution in [0.1, 0.15) is 31.1 Å². The van der Waals surface area contributed by atoms with Crippen molar-refractivity contribution >= 4 is 22.6 Å². The first-order chi connectivity index (χ1) is 12.7. The SMILES string of the molecule is CCNc1nn(-c2cc(C)nc(C(C)(F)F)n2)c2cc(CC(N)=O)ncc12. The summed E-state index contributed by atoms with van der Waals surface area (Å²) >= 11 is 0. The molecular formula is C17H19F2N7O. The lowest BCUT2D eigenvalue weighted by atomic mass is 10.2. The molecule has 0 aliphatic rings. The lowest BCUT2D eigenvalue weighted by molar-refractivity contribution is -0.117. The smallest absolute Gasteiger partial charge is 0.303 e. The zero-order chi connectivity index (χ0) is 19.8. The molecule has 27 heavy (non-hydrogen) atoms. The van der Waals surface area contributed by atoms with Crippen molar-refractivity contribution in [3.63, 3.8) is 0 Å². The van der Waals surface area contributed by atoms with Crippen molar-refractivity contribution in [1.29, 1.82) is 0 Å². The number of nitrogens with two attached hydrogens (primary N) is 1. The number of alkyl halides is 2. The van der Waals surface area contributed by atoms with Gasteiger partial charge >= 0.3 is 5.92 Å². The van der Waals surface area contributed by atoms with Crippen molar-refractivity contribution in [2.24, 2.45) is 5.73 Å². The van der Waals surface area contributed by atoms with Crippen molar-refractivity contribution in [3.8, 4) is 5.82 Å². The number of pyridine rings is 1. The van der Waals surface area contributed by atoms with Gasteiger partial charge in [-0.15, -0.1) is 5.10 Å². The number of nitrogens with one attached hydrogen (secondary N) is 1. The van der Waals surface area contributed by atoms with E-state index in [0.29, 0.717) is 34.7 Å². The number of carbonyl (C=O) groups excluding carboxylic acids is 1. The molecule has 0 aliphatic carbocycles. The predicted molar refractivity (Wildman–Crippen MR) is 95.8 cm³/mol. The lowest BCUT2D eigenvalue weighted by Crippen LogP contribution is -2.16. The molecule has 0 aliphatic heterocycles. The molecule has 0 saturated carbocycles. The minimum Gasteiger partial charge on any atom is -0.369 e. The quantitative estimate of drug-likeness (QED) is 0.682. The van der Waals surface area contributed by atoms with Gasteiger partial charge in [-0.1, -0.05) is 0 Å². The maximum atomic E-state index is 13.7. The van der Waals surface area contributed by atoms with E-state index < -0.39 is 17.7 Å². The molecule has 10 heteroatoms. The van der Waals surface area contributed by atoms with E-state index in [0.717, 1.165) is 6.92 Å². The maximum absolute atomic E-state index is 13.7. The highest BCUT2D eigenvalue weighted by atomic mass is 19.3. The van der Waals surface area contributed by atoms with Gasteiger partial charge in [-0.25, -0.2) is 14.6 Å². The topological polar surface area (TPSA) is 112 Å². The number of nitrogens with zero attached hydrogens (tertiary/aromatic N) is 5. The number of amides is 1. The number of hydrogen-bond acceptors (Lipinski definition) is 6. The van der Waals surface area contributed by atoms with Gasteiger partial charge < -0.3 is 11.1 Å². The second-order valence-electron chi connectivity index (χ2n) is 6.21. The number of halogens is 2. The molecule has 0 atom stereocenters. The average molecular weight is 375 g/mol. The molecule has 3 rings (SSSR count). The third-order valence-electron chi connectivity index (χ3n) is 3.77. The van der Waals surface area contributed by atoms with E-state index in [1.165, 1.54) is 4.68 Å². The summed E-state index contributed by atoms with van der Waals surface area (Å²) in [5, 5.41) is 8.23. The van der Waals surface area contributed by atoms with Crippen LogP contribution in [0.3, 0.4) is 0 Å². The normalized spacial score (nSPS) is 11.7. The Kier molecular flexibility index (Phi) is 4.73. The molecule has 3 aromatic rings. The largest absolute Gasteiger partial charge is 0.369 e. The van der Waals surface area contributed by atoms with Crippen molar-refractivity contribution < 1.29 is 13.6 Å². The van der Waals surface area contributed by atoms with Crippen LogP contribution >= 0.6 is 0 Å². The van der Waals surface area contributed by atoms with E-state index >= 15 is 0 Å². The summed E-state index contributed by atoms with van der Waals surface area (Å²) in [5.74, 6) is -3.56. The minimum atomic E-state index is -3.19. The van der Waals surface area contributed by atoms with Gasteiger partial charge in [0.1, 0.15) is 0 Å². The van der Waals surface area contributed by atoms with Gasteiger partial charge in [0, 0.05) is 31.4 Å². The lowest BCUT2D eigenvalue weighted by Gasteiger charge is -2.11. The van der Waals surface area contributed by atoms with Crippen LogP contribution in [-0.2, 0) is 17.1 Å². The molecule has 0 aromatic carbocycles. The van der Waals surface area contributed by atoms with Crippen LogP contribution in [0.4, 0.5) is 14.6 Å². The summed E-state index contributed by atoms with van der Waals surface area (Å²) < 4.78 is 28.9. The Morgan fingerprint density at radius 1 is 1.33 bits per heavy atom. The molecule has 8 nitrogen and oxygen atoms in total. The van der Waals surface area contributed by atoms with Crippen LogP contribution in [0.2, 0.25) is 0 Å². The fraction of sp³-hybridized carbons (Fsp3) is 0.353. The molecule has 0 spiro atoms. The van der Waals surface area contributed by atoms with E-state index in [2.05, 4.69) is 25.4 Å². The van der Waals surface area contributed by atoms with Crippen LogP contribution in [0.15, 0.2) is 18.3 Å². The first kappa shape index (κ1) is 18.6. The monoisotopic (exact) mass is 375 g/mol. The molecule has 1 amide bonds. The van der Waals surface area contributed by atoms with Crippen LogP contribution in [0.25, 0.3) is 16.7 Å². The number of aromatic nitrogens is 5. The van der Waals surface area contributed by atoms with Crippen LogP contribution in [0, 0.1) is 6.92 Å². The van der Waals surface area contributed by atoms with E-state index in [4.69, 9.17) is 5.73 Å². The molecular weight excluding hydrogens is 356 g/mol. The Morgan fingerprint density at radius 3 is 2.70 bits per heavy atom. The Labute approximate surface area is 153 Å². The van der Waals surface area contributed by atoms with E-state index in [9.17, 15) is 13.6 Å². The predicted octanol–water partition coefficient (Wildman–Crippen LogP) is 2.09. The van der Waals surface area contributed by atoms with Crippen molar-refractivity contribution in [2.45, 2.75) is 33.1 Å². The van der Waals surface area contributed by atoms with E-state index in [1.807, 2.05) is 6.92 Å². The second-order valence-corrected chi connectivity index (χ2v) is 6.21. The third-order valence-corrected chi connectivity index (χ3v) is 3.77. The van der Waals surface area contributed by atoms with Crippen molar-refractivity contribution in [1.82, 2.24) is 24.7 Å². The van der Waals surface area contributed by atoms with Crippen LogP contribution in [0.5, 0.6) is 0 Å².